The van der Waals surface area contributed by atoms with E-state index >= 15 is 0 Å². The van der Waals surface area contributed by atoms with Crippen molar-refractivity contribution >= 4 is 11.6 Å². The van der Waals surface area contributed by atoms with E-state index in [0.717, 1.165) is 18.4 Å². The molecule has 0 saturated heterocycles. The monoisotopic (exact) mass is 392 g/mol. The second kappa shape index (κ2) is 6.46. The van der Waals surface area contributed by atoms with Crippen LogP contribution in [0.5, 0.6) is 0 Å². The Morgan fingerprint density at radius 3 is 2.57 bits per heavy atom. The fraction of sp³-hybridized carbons (Fsp3) is 0.818. The molecule has 0 radical (unpaired) electrons. The Hall–Kier alpha value is -1.08. The van der Waals surface area contributed by atoms with Crippen LogP contribution in [0.1, 0.15) is 52.4 Å². The minimum Gasteiger partial charge on any atom is -0.396 e. The number of ketones is 2. The number of carbonyl (C=O) groups excluding carboxylic acids is 2. The molecule has 28 heavy (non-hydrogen) atoms. The third kappa shape index (κ3) is 2.41. The van der Waals surface area contributed by atoms with Crippen molar-refractivity contribution in [2.45, 2.75) is 64.1 Å². The van der Waals surface area contributed by atoms with Crippen molar-refractivity contribution in [1.29, 1.82) is 0 Å². The minimum absolute atomic E-state index is 0.0210. The fourth-order valence-corrected chi connectivity index (χ4v) is 7.63. The van der Waals surface area contributed by atoms with Crippen LogP contribution in [-0.2, 0) is 9.59 Å². The van der Waals surface area contributed by atoms with Gasteiger partial charge >= 0.3 is 0 Å². The number of aliphatic hydroxyl groups excluding tert-OH is 3. The first-order valence-electron chi connectivity index (χ1n) is 10.5. The number of hydrogen-bond acceptors (Lipinski definition) is 6. The highest BCUT2D eigenvalue weighted by Crippen LogP contribution is 2.67. The van der Waals surface area contributed by atoms with Crippen molar-refractivity contribution in [3.8, 4) is 0 Å². The Balaban J connectivity index is 1.73. The zero-order valence-corrected chi connectivity index (χ0v) is 16.7. The van der Waals surface area contributed by atoms with Gasteiger partial charge in [0.2, 0.25) is 0 Å². The van der Waals surface area contributed by atoms with E-state index in [-0.39, 0.29) is 35.6 Å². The molecule has 0 aliphatic heterocycles. The van der Waals surface area contributed by atoms with Crippen LogP contribution in [0.15, 0.2) is 11.6 Å². The summed E-state index contributed by atoms with van der Waals surface area (Å²) in [6.07, 6.45) is 4.45. The molecule has 0 aromatic heterocycles. The molecule has 6 heteroatoms. The van der Waals surface area contributed by atoms with Gasteiger partial charge in [0.25, 0.3) is 0 Å². The first-order valence-corrected chi connectivity index (χ1v) is 10.5. The highest BCUT2D eigenvalue weighted by Gasteiger charge is 2.68. The molecule has 156 valence electrons. The second-order valence-corrected chi connectivity index (χ2v) is 10.1. The maximum Gasteiger partial charge on any atom is 0.190 e. The molecule has 4 N–H and O–H groups in total. The molecule has 0 heterocycles. The van der Waals surface area contributed by atoms with Crippen molar-refractivity contribution in [2.24, 2.45) is 34.5 Å². The number of fused-ring (bicyclic) bond motifs is 5. The van der Waals surface area contributed by atoms with Gasteiger partial charge in [-0.05, 0) is 67.8 Å². The topological polar surface area (TPSA) is 115 Å². The van der Waals surface area contributed by atoms with E-state index in [1.54, 1.807) is 6.08 Å². The van der Waals surface area contributed by atoms with Crippen LogP contribution in [0.25, 0.3) is 0 Å². The average molecular weight is 392 g/mol. The Morgan fingerprint density at radius 1 is 1.21 bits per heavy atom. The average Bonchev–Trinajstić information content (AvgIpc) is 2.92. The number of aliphatic hydroxyl groups is 4. The Bertz CT molecular complexity index is 731. The number of carbonyl (C=O) groups is 2. The third-order valence-corrected chi connectivity index (χ3v) is 9.04. The van der Waals surface area contributed by atoms with Gasteiger partial charge in [0, 0.05) is 11.3 Å². The molecule has 0 aromatic rings. The number of allylic oxidation sites excluding steroid dienone is 1. The quantitative estimate of drug-likeness (QED) is 0.570. The Kier molecular flexibility index (Phi) is 4.66. The molecular formula is C22H32O6. The third-order valence-electron chi connectivity index (χ3n) is 9.04. The van der Waals surface area contributed by atoms with Crippen LogP contribution in [0, 0.1) is 34.5 Å². The molecular weight excluding hydrogens is 360 g/mol. The number of rotatable bonds is 3. The lowest BCUT2D eigenvalue weighted by Crippen LogP contribution is -2.62. The van der Waals surface area contributed by atoms with Crippen molar-refractivity contribution in [3.05, 3.63) is 11.6 Å². The van der Waals surface area contributed by atoms with Crippen LogP contribution in [0.3, 0.4) is 0 Å². The Labute approximate surface area is 165 Å². The van der Waals surface area contributed by atoms with Gasteiger partial charge < -0.3 is 20.4 Å². The molecule has 4 aliphatic carbocycles. The van der Waals surface area contributed by atoms with Gasteiger partial charge in [-0.2, -0.15) is 0 Å². The molecule has 3 saturated carbocycles. The van der Waals surface area contributed by atoms with E-state index in [1.807, 2.05) is 6.92 Å². The summed E-state index contributed by atoms with van der Waals surface area (Å²) in [5, 5.41) is 41.6. The van der Waals surface area contributed by atoms with Crippen LogP contribution in [-0.4, -0.2) is 56.9 Å². The molecule has 4 rings (SSSR count). The molecule has 3 fully saturated rings. The number of hydrogen-bond donors (Lipinski definition) is 4. The summed E-state index contributed by atoms with van der Waals surface area (Å²) in [6.45, 7) is 3.13. The lowest BCUT2D eigenvalue weighted by atomic mass is 9.45. The highest BCUT2D eigenvalue weighted by atomic mass is 16.3. The molecule has 1 unspecified atom stereocenters. The van der Waals surface area contributed by atoms with Gasteiger partial charge in [-0.25, -0.2) is 0 Å². The Morgan fingerprint density at radius 2 is 1.93 bits per heavy atom. The van der Waals surface area contributed by atoms with E-state index < -0.39 is 35.4 Å². The standard InChI is InChI=1S/C22H32O6/c1-20-8-12(10-23)16(25)7-13(20)3-4-14-15-5-6-22(28,18(27)11-24)21(15,2)9-17(26)19(14)20/h7,12,14-15,17,19,23-24,26,28H,3-6,8-11H2,1-2H3/t12?,14-,15-,17-,19+,20-,21-,22-/m0/s1. The summed E-state index contributed by atoms with van der Waals surface area (Å²) in [4.78, 5) is 24.7. The lowest BCUT2D eigenvalue weighted by molar-refractivity contribution is -0.183. The fourth-order valence-electron chi connectivity index (χ4n) is 7.63. The van der Waals surface area contributed by atoms with Crippen LogP contribution >= 0.6 is 0 Å². The first-order chi connectivity index (χ1) is 13.1. The summed E-state index contributed by atoms with van der Waals surface area (Å²) in [5.74, 6) is -0.820. The maximum absolute atomic E-state index is 12.4. The van der Waals surface area contributed by atoms with E-state index in [9.17, 15) is 30.0 Å². The van der Waals surface area contributed by atoms with Gasteiger partial charge in [-0.15, -0.1) is 0 Å². The molecule has 0 amide bonds. The summed E-state index contributed by atoms with van der Waals surface area (Å²) < 4.78 is 0. The van der Waals surface area contributed by atoms with Crippen LogP contribution < -0.4 is 0 Å². The van der Waals surface area contributed by atoms with E-state index in [2.05, 4.69) is 6.92 Å². The largest absolute Gasteiger partial charge is 0.396 e. The first kappa shape index (κ1) is 20.2. The summed E-state index contributed by atoms with van der Waals surface area (Å²) in [6, 6.07) is 0. The van der Waals surface area contributed by atoms with Crippen LogP contribution in [0.4, 0.5) is 0 Å². The summed E-state index contributed by atoms with van der Waals surface area (Å²) >= 11 is 0. The summed E-state index contributed by atoms with van der Waals surface area (Å²) in [5.41, 5.74) is -1.63. The lowest BCUT2D eigenvalue weighted by Gasteiger charge is -2.61. The van der Waals surface area contributed by atoms with Gasteiger partial charge in [-0.1, -0.05) is 19.4 Å². The van der Waals surface area contributed by atoms with Gasteiger partial charge in [0.05, 0.1) is 12.7 Å². The molecule has 8 atom stereocenters. The predicted octanol–water partition coefficient (Wildman–Crippen LogP) is 1.00. The van der Waals surface area contributed by atoms with Crippen molar-refractivity contribution in [1.82, 2.24) is 0 Å². The molecule has 0 bridgehead atoms. The van der Waals surface area contributed by atoms with Crippen molar-refractivity contribution < 1.29 is 30.0 Å². The van der Waals surface area contributed by atoms with E-state index in [0.29, 0.717) is 25.7 Å². The van der Waals surface area contributed by atoms with Gasteiger partial charge in [0.1, 0.15) is 12.2 Å². The minimum atomic E-state index is -1.59. The van der Waals surface area contributed by atoms with Gasteiger partial charge in [0.15, 0.2) is 11.6 Å². The van der Waals surface area contributed by atoms with Crippen LogP contribution in [0.2, 0.25) is 0 Å². The van der Waals surface area contributed by atoms with Crippen molar-refractivity contribution in [3.63, 3.8) is 0 Å². The zero-order chi connectivity index (χ0) is 20.5. The predicted molar refractivity (Wildman–Crippen MR) is 101 cm³/mol. The van der Waals surface area contributed by atoms with E-state index in [1.165, 1.54) is 0 Å². The molecule has 0 aromatic carbocycles. The number of Topliss-reactive ketones (excluding diaryl/α,β-unsaturated/α-hetero) is 1. The van der Waals surface area contributed by atoms with E-state index in [4.69, 9.17) is 0 Å². The smallest absolute Gasteiger partial charge is 0.190 e. The highest BCUT2D eigenvalue weighted by molar-refractivity contribution is 5.94. The summed E-state index contributed by atoms with van der Waals surface area (Å²) in [7, 11) is 0. The normalized spacial score (nSPS) is 50.4. The molecule has 6 nitrogen and oxygen atoms in total. The maximum atomic E-state index is 12.4. The van der Waals surface area contributed by atoms with Crippen molar-refractivity contribution in [2.75, 3.05) is 13.2 Å². The second-order valence-electron chi connectivity index (χ2n) is 10.1. The SMILES string of the molecule is C[C@]12CC(CO)C(=O)C=C1CC[C@@H]1[C@@H]2[C@@H](O)C[C@@]2(C)[C@H]1CC[C@]2(O)C(=O)CO. The zero-order valence-electron chi connectivity index (χ0n) is 16.7. The van der Waals surface area contributed by atoms with Gasteiger partial charge in [-0.3, -0.25) is 9.59 Å². The molecule has 4 aliphatic rings. The molecule has 0 spiro atoms.